The van der Waals surface area contributed by atoms with Crippen LogP contribution < -0.4 is 4.74 Å². The maximum Gasteiger partial charge on any atom is 0.338 e. The Labute approximate surface area is 135 Å². The number of pyridine rings is 1. The molecule has 0 radical (unpaired) electrons. The number of benzene rings is 1. The highest BCUT2D eigenvalue weighted by Crippen LogP contribution is 2.36. The molecule has 0 aliphatic heterocycles. The summed E-state index contributed by atoms with van der Waals surface area (Å²) >= 11 is 0. The van der Waals surface area contributed by atoms with Gasteiger partial charge in [-0.1, -0.05) is 0 Å². The summed E-state index contributed by atoms with van der Waals surface area (Å²) in [6.45, 7) is 3.41. The summed E-state index contributed by atoms with van der Waals surface area (Å²) in [6, 6.07) is 4.64. The first kappa shape index (κ1) is 17.0. The predicted molar refractivity (Wildman–Crippen MR) is 84.7 cm³/mol. The smallest absolute Gasteiger partial charge is 0.338 e. The van der Waals surface area contributed by atoms with Crippen molar-refractivity contribution in [2.75, 3.05) is 13.4 Å². The minimum atomic E-state index is -3.61. The molecule has 1 aromatic heterocycles. The summed E-state index contributed by atoms with van der Waals surface area (Å²) in [5, 5.41) is 0. The van der Waals surface area contributed by atoms with E-state index in [0.29, 0.717) is 16.9 Å². The van der Waals surface area contributed by atoms with E-state index in [1.54, 1.807) is 32.2 Å². The SMILES string of the molecule is COC(=O)c1cc(S(C)(=O)=O)c(Oc2cccnc2)c(C)c1C. The molecular formula is C16H17NO5S. The Bertz CT molecular complexity index is 845. The number of hydrogen-bond donors (Lipinski definition) is 0. The number of carbonyl (C=O) groups is 1. The van der Waals surface area contributed by atoms with Crippen LogP contribution in [0.15, 0.2) is 35.5 Å². The second-order valence-electron chi connectivity index (χ2n) is 5.06. The van der Waals surface area contributed by atoms with E-state index in [2.05, 4.69) is 4.98 Å². The normalized spacial score (nSPS) is 11.1. The molecule has 0 saturated carbocycles. The summed E-state index contributed by atoms with van der Waals surface area (Å²) in [5.41, 5.74) is 1.35. The van der Waals surface area contributed by atoms with Gasteiger partial charge in [-0.3, -0.25) is 4.98 Å². The van der Waals surface area contributed by atoms with E-state index in [4.69, 9.17) is 9.47 Å². The molecule has 7 heteroatoms. The lowest BCUT2D eigenvalue weighted by molar-refractivity contribution is 0.0599. The number of sulfone groups is 1. The average molecular weight is 335 g/mol. The third-order valence-corrected chi connectivity index (χ3v) is 4.57. The second kappa shape index (κ2) is 6.37. The molecule has 0 atom stereocenters. The van der Waals surface area contributed by atoms with E-state index >= 15 is 0 Å². The molecule has 0 bridgehead atoms. The van der Waals surface area contributed by atoms with E-state index in [1.807, 2.05) is 0 Å². The van der Waals surface area contributed by atoms with E-state index < -0.39 is 15.8 Å². The molecule has 0 aliphatic rings. The Hall–Kier alpha value is -2.41. The van der Waals surface area contributed by atoms with Crippen LogP contribution in [0.5, 0.6) is 11.5 Å². The zero-order chi connectivity index (χ0) is 17.2. The minimum Gasteiger partial charge on any atom is -0.465 e. The Balaban J connectivity index is 2.70. The number of hydrogen-bond acceptors (Lipinski definition) is 6. The van der Waals surface area contributed by atoms with Gasteiger partial charge in [-0.2, -0.15) is 0 Å². The fraction of sp³-hybridized carbons (Fsp3) is 0.250. The average Bonchev–Trinajstić information content (AvgIpc) is 2.51. The standard InChI is InChI=1S/C16H17NO5S/c1-10-11(2)15(22-12-6-5-7-17-9-12)14(23(4,19)20)8-13(10)16(18)21-3/h5-9H,1-4H3. The number of rotatable bonds is 4. The molecule has 0 amide bonds. The van der Waals surface area contributed by atoms with Gasteiger partial charge in [0.2, 0.25) is 0 Å². The Morgan fingerprint density at radius 2 is 1.91 bits per heavy atom. The fourth-order valence-electron chi connectivity index (χ4n) is 2.11. The van der Waals surface area contributed by atoms with Crippen molar-refractivity contribution in [2.24, 2.45) is 0 Å². The van der Waals surface area contributed by atoms with Gasteiger partial charge in [0.25, 0.3) is 0 Å². The molecule has 0 N–H and O–H groups in total. The van der Waals surface area contributed by atoms with Crippen LogP contribution in [0.1, 0.15) is 21.5 Å². The highest BCUT2D eigenvalue weighted by atomic mass is 32.2. The number of aromatic nitrogens is 1. The first-order chi connectivity index (χ1) is 10.8. The van der Waals surface area contributed by atoms with Crippen LogP contribution in [0.2, 0.25) is 0 Å². The lowest BCUT2D eigenvalue weighted by Gasteiger charge is -2.17. The summed E-state index contributed by atoms with van der Waals surface area (Å²) in [6.07, 6.45) is 4.13. The number of nitrogens with zero attached hydrogens (tertiary/aromatic N) is 1. The first-order valence-corrected chi connectivity index (χ1v) is 8.65. The van der Waals surface area contributed by atoms with Crippen molar-refractivity contribution in [3.63, 3.8) is 0 Å². The molecule has 2 aromatic rings. The molecule has 0 unspecified atom stereocenters. The minimum absolute atomic E-state index is 0.0650. The van der Waals surface area contributed by atoms with E-state index in [9.17, 15) is 13.2 Å². The Kier molecular flexibility index (Phi) is 4.70. The molecule has 23 heavy (non-hydrogen) atoms. The van der Waals surface area contributed by atoms with Crippen LogP contribution in [-0.2, 0) is 14.6 Å². The van der Waals surface area contributed by atoms with Crippen molar-refractivity contribution < 1.29 is 22.7 Å². The molecule has 1 aromatic carbocycles. The van der Waals surface area contributed by atoms with E-state index in [1.165, 1.54) is 19.4 Å². The summed E-state index contributed by atoms with van der Waals surface area (Å²) in [5.74, 6) is -0.000186. The molecular weight excluding hydrogens is 318 g/mol. The second-order valence-corrected chi connectivity index (χ2v) is 7.04. The molecule has 2 rings (SSSR count). The molecule has 122 valence electrons. The Morgan fingerprint density at radius 3 is 2.43 bits per heavy atom. The van der Waals surface area contributed by atoms with Gasteiger partial charge in [-0.25, -0.2) is 13.2 Å². The van der Waals surface area contributed by atoms with Crippen molar-refractivity contribution >= 4 is 15.8 Å². The van der Waals surface area contributed by atoms with Gasteiger partial charge < -0.3 is 9.47 Å². The van der Waals surface area contributed by atoms with Crippen LogP contribution in [-0.4, -0.2) is 32.7 Å². The third kappa shape index (κ3) is 3.50. The van der Waals surface area contributed by atoms with Gasteiger partial charge in [0.1, 0.15) is 16.4 Å². The Morgan fingerprint density at radius 1 is 1.22 bits per heavy atom. The van der Waals surface area contributed by atoms with Gasteiger partial charge in [0, 0.05) is 12.5 Å². The molecule has 1 heterocycles. The first-order valence-electron chi connectivity index (χ1n) is 6.76. The van der Waals surface area contributed by atoms with Crippen molar-refractivity contribution in [1.82, 2.24) is 4.98 Å². The maximum absolute atomic E-state index is 12.1. The van der Waals surface area contributed by atoms with Crippen molar-refractivity contribution in [3.8, 4) is 11.5 Å². The van der Waals surface area contributed by atoms with Crippen LogP contribution in [0.4, 0.5) is 0 Å². The van der Waals surface area contributed by atoms with Crippen molar-refractivity contribution in [2.45, 2.75) is 18.7 Å². The van der Waals surface area contributed by atoms with Crippen LogP contribution in [0.3, 0.4) is 0 Å². The quantitative estimate of drug-likeness (QED) is 0.799. The van der Waals surface area contributed by atoms with Gasteiger partial charge >= 0.3 is 5.97 Å². The van der Waals surface area contributed by atoms with Crippen molar-refractivity contribution in [3.05, 3.63) is 47.3 Å². The zero-order valence-electron chi connectivity index (χ0n) is 13.3. The molecule has 0 fully saturated rings. The van der Waals surface area contributed by atoms with Crippen molar-refractivity contribution in [1.29, 1.82) is 0 Å². The molecule has 6 nitrogen and oxygen atoms in total. The number of esters is 1. The van der Waals surface area contributed by atoms with Gasteiger partial charge in [0.05, 0.1) is 18.9 Å². The molecule has 0 spiro atoms. The summed E-state index contributed by atoms with van der Waals surface area (Å²) < 4.78 is 34.7. The zero-order valence-corrected chi connectivity index (χ0v) is 14.1. The third-order valence-electron chi connectivity index (χ3n) is 3.47. The van der Waals surface area contributed by atoms with E-state index in [-0.39, 0.29) is 16.2 Å². The molecule has 0 aliphatic carbocycles. The lowest BCUT2D eigenvalue weighted by Crippen LogP contribution is -2.10. The summed E-state index contributed by atoms with van der Waals surface area (Å²) in [7, 11) is -2.36. The van der Waals surface area contributed by atoms with Gasteiger partial charge in [-0.15, -0.1) is 0 Å². The number of methoxy groups -OCH3 is 1. The monoisotopic (exact) mass is 335 g/mol. The number of carbonyl (C=O) groups excluding carboxylic acids is 1. The number of ether oxygens (including phenoxy) is 2. The fourth-order valence-corrected chi connectivity index (χ4v) is 2.98. The van der Waals surface area contributed by atoms with Gasteiger partial charge in [0.15, 0.2) is 9.84 Å². The lowest BCUT2D eigenvalue weighted by atomic mass is 10.0. The predicted octanol–water partition coefficient (Wildman–Crippen LogP) is 2.68. The molecule has 0 saturated heterocycles. The highest BCUT2D eigenvalue weighted by molar-refractivity contribution is 7.90. The topological polar surface area (TPSA) is 82.6 Å². The maximum atomic E-state index is 12.1. The van der Waals surface area contributed by atoms with Crippen LogP contribution in [0.25, 0.3) is 0 Å². The van der Waals surface area contributed by atoms with Crippen LogP contribution >= 0.6 is 0 Å². The largest absolute Gasteiger partial charge is 0.465 e. The van der Waals surface area contributed by atoms with Crippen LogP contribution in [0, 0.1) is 13.8 Å². The van der Waals surface area contributed by atoms with E-state index in [0.717, 1.165) is 6.26 Å². The van der Waals surface area contributed by atoms with Gasteiger partial charge in [-0.05, 0) is 43.2 Å². The summed E-state index contributed by atoms with van der Waals surface area (Å²) in [4.78, 5) is 15.7. The highest BCUT2D eigenvalue weighted by Gasteiger charge is 2.24.